The second kappa shape index (κ2) is 5.55. The number of nitrogens with one attached hydrogen (secondary N) is 1. The normalized spacial score (nSPS) is 33.0. The van der Waals surface area contributed by atoms with Gasteiger partial charge in [0.15, 0.2) is 0 Å². The van der Waals surface area contributed by atoms with Crippen LogP contribution in [0.15, 0.2) is 0 Å². The Morgan fingerprint density at radius 3 is 2.87 bits per heavy atom. The van der Waals surface area contributed by atoms with Crippen molar-refractivity contribution in [3.8, 4) is 0 Å². The van der Waals surface area contributed by atoms with Crippen LogP contribution in [0.1, 0.15) is 26.7 Å². The van der Waals surface area contributed by atoms with Crippen molar-refractivity contribution in [3.05, 3.63) is 0 Å². The molecule has 88 valence electrons. The van der Waals surface area contributed by atoms with E-state index in [1.54, 1.807) is 0 Å². The molecule has 0 aromatic heterocycles. The van der Waals surface area contributed by atoms with E-state index in [0.717, 1.165) is 18.0 Å². The van der Waals surface area contributed by atoms with E-state index in [9.17, 15) is 0 Å². The number of thioether (sulfide) groups is 1. The van der Waals surface area contributed by atoms with Gasteiger partial charge in [-0.3, -0.25) is 0 Å². The monoisotopic (exact) mass is 228 g/mol. The molecule has 2 nitrogen and oxygen atoms in total. The molecule has 2 fully saturated rings. The molecule has 2 aliphatic rings. The van der Waals surface area contributed by atoms with E-state index in [-0.39, 0.29) is 0 Å². The Hall–Kier alpha value is 0.270. The van der Waals surface area contributed by atoms with Gasteiger partial charge in [0.05, 0.1) is 0 Å². The maximum atomic E-state index is 3.74. The van der Waals surface area contributed by atoms with Crippen molar-refractivity contribution >= 4 is 11.8 Å². The summed E-state index contributed by atoms with van der Waals surface area (Å²) in [5.41, 5.74) is 0. The molecule has 15 heavy (non-hydrogen) atoms. The maximum absolute atomic E-state index is 3.74. The van der Waals surface area contributed by atoms with Crippen LogP contribution >= 0.6 is 11.8 Å². The van der Waals surface area contributed by atoms with E-state index in [2.05, 4.69) is 35.8 Å². The molecule has 0 amide bonds. The van der Waals surface area contributed by atoms with Crippen LogP contribution in [0.5, 0.6) is 0 Å². The molecule has 0 spiro atoms. The van der Waals surface area contributed by atoms with Gasteiger partial charge in [-0.15, -0.1) is 0 Å². The summed E-state index contributed by atoms with van der Waals surface area (Å²) in [5, 5.41) is 3.74. The minimum atomic E-state index is 0.733. The van der Waals surface area contributed by atoms with Gasteiger partial charge in [0.1, 0.15) is 0 Å². The van der Waals surface area contributed by atoms with Crippen LogP contribution in [0, 0.1) is 5.92 Å². The van der Waals surface area contributed by atoms with Crippen LogP contribution in [0.25, 0.3) is 0 Å². The Morgan fingerprint density at radius 1 is 1.40 bits per heavy atom. The zero-order valence-electron chi connectivity index (χ0n) is 10.0. The second-order valence-electron chi connectivity index (χ2n) is 5.21. The van der Waals surface area contributed by atoms with Crippen LogP contribution in [-0.4, -0.2) is 48.1 Å². The SMILES string of the molecule is CC(C)N1CCC(CNC2CCSC2)C1. The fourth-order valence-corrected chi connectivity index (χ4v) is 3.71. The third-order valence-electron chi connectivity index (χ3n) is 3.67. The minimum absolute atomic E-state index is 0.733. The topological polar surface area (TPSA) is 15.3 Å². The average Bonchev–Trinajstić information content (AvgIpc) is 2.86. The van der Waals surface area contributed by atoms with Crippen molar-refractivity contribution in [2.45, 2.75) is 38.8 Å². The summed E-state index contributed by atoms with van der Waals surface area (Å²) in [6.45, 7) is 8.48. The number of rotatable bonds is 4. The van der Waals surface area contributed by atoms with Crippen LogP contribution in [0.2, 0.25) is 0 Å². The maximum Gasteiger partial charge on any atom is 0.0166 e. The summed E-state index contributed by atoms with van der Waals surface area (Å²) in [6.07, 6.45) is 2.77. The van der Waals surface area contributed by atoms with E-state index >= 15 is 0 Å². The molecule has 0 aromatic carbocycles. The molecule has 0 bridgehead atoms. The molecular formula is C12H24N2S. The highest BCUT2D eigenvalue weighted by Gasteiger charge is 2.25. The molecule has 0 aromatic rings. The van der Waals surface area contributed by atoms with Gasteiger partial charge in [0, 0.05) is 24.4 Å². The molecular weight excluding hydrogens is 204 g/mol. The third kappa shape index (κ3) is 3.36. The van der Waals surface area contributed by atoms with Gasteiger partial charge in [0.25, 0.3) is 0 Å². The van der Waals surface area contributed by atoms with Gasteiger partial charge in [0.2, 0.25) is 0 Å². The number of hydrogen-bond acceptors (Lipinski definition) is 3. The van der Waals surface area contributed by atoms with Gasteiger partial charge < -0.3 is 10.2 Å². The zero-order valence-corrected chi connectivity index (χ0v) is 10.9. The van der Waals surface area contributed by atoms with Crippen molar-refractivity contribution in [1.82, 2.24) is 10.2 Å². The van der Waals surface area contributed by atoms with Crippen LogP contribution in [0.4, 0.5) is 0 Å². The van der Waals surface area contributed by atoms with Crippen molar-refractivity contribution in [2.24, 2.45) is 5.92 Å². The molecule has 2 unspecified atom stereocenters. The molecule has 2 heterocycles. The Balaban J connectivity index is 1.64. The predicted molar refractivity (Wildman–Crippen MR) is 68.5 cm³/mol. The lowest BCUT2D eigenvalue weighted by molar-refractivity contribution is 0.263. The Morgan fingerprint density at radius 2 is 2.27 bits per heavy atom. The van der Waals surface area contributed by atoms with Crippen LogP contribution < -0.4 is 5.32 Å². The standard InChI is InChI=1S/C12H24N2S/c1-10(2)14-5-3-11(8-14)7-13-12-4-6-15-9-12/h10-13H,3-9H2,1-2H3. The summed E-state index contributed by atoms with van der Waals surface area (Å²) in [6, 6.07) is 1.54. The Bertz CT molecular complexity index is 190. The van der Waals surface area contributed by atoms with E-state index < -0.39 is 0 Å². The Labute approximate surface area is 98.2 Å². The number of likely N-dealkylation sites (tertiary alicyclic amines) is 1. The first-order valence-corrected chi connectivity index (χ1v) is 7.46. The van der Waals surface area contributed by atoms with Gasteiger partial charge in [-0.1, -0.05) is 0 Å². The first-order chi connectivity index (χ1) is 7.25. The van der Waals surface area contributed by atoms with Crippen molar-refractivity contribution in [3.63, 3.8) is 0 Å². The van der Waals surface area contributed by atoms with E-state index in [1.165, 1.54) is 44.0 Å². The summed E-state index contributed by atoms with van der Waals surface area (Å²) in [4.78, 5) is 2.61. The van der Waals surface area contributed by atoms with Crippen LogP contribution in [0.3, 0.4) is 0 Å². The molecule has 1 N–H and O–H groups in total. The minimum Gasteiger partial charge on any atom is -0.313 e. The third-order valence-corrected chi connectivity index (χ3v) is 4.83. The molecule has 3 heteroatoms. The molecule has 0 radical (unpaired) electrons. The van der Waals surface area contributed by atoms with E-state index in [0.29, 0.717) is 0 Å². The fraction of sp³-hybridized carbons (Fsp3) is 1.00. The fourth-order valence-electron chi connectivity index (χ4n) is 2.53. The predicted octanol–water partition coefficient (Wildman–Crippen LogP) is 1.81. The summed E-state index contributed by atoms with van der Waals surface area (Å²) >= 11 is 2.10. The quantitative estimate of drug-likeness (QED) is 0.790. The molecule has 2 atom stereocenters. The zero-order chi connectivity index (χ0) is 10.7. The summed E-state index contributed by atoms with van der Waals surface area (Å²) in [7, 11) is 0. The van der Waals surface area contributed by atoms with Gasteiger partial charge in [-0.25, -0.2) is 0 Å². The van der Waals surface area contributed by atoms with Crippen LogP contribution in [-0.2, 0) is 0 Å². The largest absolute Gasteiger partial charge is 0.313 e. The first kappa shape index (κ1) is 11.7. The van der Waals surface area contributed by atoms with Crippen molar-refractivity contribution < 1.29 is 0 Å². The first-order valence-electron chi connectivity index (χ1n) is 6.31. The number of nitrogens with zero attached hydrogens (tertiary/aromatic N) is 1. The molecule has 0 saturated carbocycles. The number of hydrogen-bond donors (Lipinski definition) is 1. The van der Waals surface area contributed by atoms with Gasteiger partial charge in [-0.2, -0.15) is 11.8 Å². The average molecular weight is 228 g/mol. The molecule has 2 saturated heterocycles. The van der Waals surface area contributed by atoms with Gasteiger partial charge in [-0.05, 0) is 51.4 Å². The highest BCUT2D eigenvalue weighted by atomic mass is 32.2. The van der Waals surface area contributed by atoms with Gasteiger partial charge >= 0.3 is 0 Å². The van der Waals surface area contributed by atoms with E-state index in [4.69, 9.17) is 0 Å². The molecule has 2 rings (SSSR count). The van der Waals surface area contributed by atoms with Crippen molar-refractivity contribution in [1.29, 1.82) is 0 Å². The molecule has 2 aliphatic heterocycles. The smallest absolute Gasteiger partial charge is 0.0166 e. The summed E-state index contributed by atoms with van der Waals surface area (Å²) < 4.78 is 0. The highest BCUT2D eigenvalue weighted by molar-refractivity contribution is 7.99. The lowest BCUT2D eigenvalue weighted by Crippen LogP contribution is -2.35. The second-order valence-corrected chi connectivity index (χ2v) is 6.36. The molecule has 0 aliphatic carbocycles. The summed E-state index contributed by atoms with van der Waals surface area (Å²) in [5.74, 6) is 3.60. The van der Waals surface area contributed by atoms with Crippen molar-refractivity contribution in [2.75, 3.05) is 31.1 Å². The Kier molecular flexibility index (Phi) is 4.35. The highest BCUT2D eigenvalue weighted by Crippen LogP contribution is 2.20. The van der Waals surface area contributed by atoms with E-state index in [1.807, 2.05) is 0 Å². The lowest BCUT2D eigenvalue weighted by atomic mass is 10.1. The lowest BCUT2D eigenvalue weighted by Gasteiger charge is -2.21.